The van der Waals surface area contributed by atoms with Gasteiger partial charge < -0.3 is 13.9 Å². The van der Waals surface area contributed by atoms with Crippen LogP contribution < -0.4 is 9.30 Å². The summed E-state index contributed by atoms with van der Waals surface area (Å²) in [4.78, 5) is 4.76. The van der Waals surface area contributed by atoms with Crippen molar-refractivity contribution in [1.29, 1.82) is 0 Å². The van der Waals surface area contributed by atoms with Gasteiger partial charge in [0.15, 0.2) is 0 Å². The van der Waals surface area contributed by atoms with Gasteiger partial charge in [-0.2, -0.15) is 18.2 Å². The Labute approximate surface area is 531 Å². The quantitative estimate of drug-likeness (QED) is 0.118. The number of hydrogen-bond acceptors (Lipinski definition) is 2. The van der Waals surface area contributed by atoms with E-state index in [0.717, 1.165) is 44.6 Å². The molecule has 0 fully saturated rings. The van der Waals surface area contributed by atoms with E-state index >= 15 is 0 Å². The first-order valence-electron chi connectivity index (χ1n) is 43.6. The van der Waals surface area contributed by atoms with E-state index in [2.05, 4.69) is 39.2 Å². The van der Waals surface area contributed by atoms with Gasteiger partial charge in [0.25, 0.3) is 6.33 Å². The van der Waals surface area contributed by atoms with Crippen LogP contribution in [0.15, 0.2) is 146 Å². The predicted octanol–water partition coefficient (Wildman–Crippen LogP) is 18.2. The Kier molecular flexibility index (Phi) is 5.99. The molecule has 3 heterocycles. The zero-order valence-electron chi connectivity index (χ0n) is 80.9. The minimum absolute atomic E-state index is 0. The van der Waals surface area contributed by atoms with Crippen molar-refractivity contribution in [2.75, 3.05) is 0 Å². The summed E-state index contributed by atoms with van der Waals surface area (Å²) in [6.07, 6.45) is -14.5. The number of imidazole rings is 1. The van der Waals surface area contributed by atoms with Crippen molar-refractivity contribution in [3.05, 3.63) is 197 Å². The maximum absolute atomic E-state index is 10.5. The SMILES string of the molecule is [2H]c1c([2H])c2c(c([2H])c1-c1cccc(-c3c([2H])c([2H])c4c(c3[2H])C(C([2H])([2H])[2H])(C([2H])([2H])[2H])C([2H])([2H])C([2H])([2H])C4(C([2H])([2H])[2H])C([2H])([2H])[2H])c1-[n+]1[c-]n(-c3[c-]c(Oc4[c-]c5c(cc4)c4ccccc4n5-c4cc(C(C)(C)C)ccn4)ccc3)c3ccc(C(C)(C)C)cc31)C(C([2H])([2H])[2H])(C([2H])([2H])[2H])C([2H])([2H])C([2H])([2H])C2(C([2H])([2H])[2H])C([2H])([2H])[2H].[Pt]. The molecule has 78 heavy (non-hydrogen) atoms. The summed E-state index contributed by atoms with van der Waals surface area (Å²) in [5.74, 6) is 0.670. The second-order valence-corrected chi connectivity index (χ2v) is 21.5. The Balaban J connectivity index is 0.0000132. The molecule has 7 aromatic carbocycles. The molecule has 0 bridgehead atoms. The smallest absolute Gasteiger partial charge is 0.268 e. The summed E-state index contributed by atoms with van der Waals surface area (Å²) in [6, 6.07) is 23.0. The molecular weight excluding hydrogens is 1130 g/mol. The molecule has 400 valence electrons. The zero-order valence-corrected chi connectivity index (χ0v) is 45.2. The first-order valence-corrected chi connectivity index (χ1v) is 24.6. The van der Waals surface area contributed by atoms with E-state index in [1.807, 2.05) is 47.0 Å². The fourth-order valence-corrected chi connectivity index (χ4v) is 9.86. The van der Waals surface area contributed by atoms with Crippen molar-refractivity contribution in [1.82, 2.24) is 14.1 Å². The number of fused-ring (bicyclic) bond motifs is 6. The van der Waals surface area contributed by atoms with Gasteiger partial charge in [0, 0.05) is 88.1 Å². The minimum Gasteiger partial charge on any atom is -0.510 e. The molecule has 0 N–H and O–H groups in total. The van der Waals surface area contributed by atoms with Crippen molar-refractivity contribution >= 4 is 32.8 Å². The Morgan fingerprint density at radius 3 is 1.78 bits per heavy atom. The van der Waals surface area contributed by atoms with Crippen LogP contribution in [0.1, 0.15) is 207 Å². The Morgan fingerprint density at radius 1 is 0.590 bits per heavy atom. The van der Waals surface area contributed by atoms with Gasteiger partial charge in [-0.1, -0.05) is 187 Å². The molecule has 0 aliphatic heterocycles. The largest absolute Gasteiger partial charge is 0.510 e. The fraction of sp³-hybridized carbons (Fsp3) is 0.333. The van der Waals surface area contributed by atoms with Crippen LogP contribution in [-0.2, 0) is 53.6 Å². The van der Waals surface area contributed by atoms with Crippen molar-refractivity contribution < 1.29 is 82.5 Å². The van der Waals surface area contributed by atoms with Crippen LogP contribution >= 0.6 is 0 Å². The first-order chi connectivity index (χ1) is 52.0. The molecule has 0 atom stereocenters. The van der Waals surface area contributed by atoms with E-state index in [4.69, 9.17) is 42.6 Å². The number of para-hydroxylation sites is 2. The Morgan fingerprint density at radius 2 is 1.17 bits per heavy atom. The van der Waals surface area contributed by atoms with Gasteiger partial charge in [-0.25, -0.2) is 4.98 Å². The molecule has 3 aromatic heterocycles. The van der Waals surface area contributed by atoms with E-state index in [1.165, 1.54) is 34.9 Å². The van der Waals surface area contributed by atoms with E-state index in [1.54, 1.807) is 39.1 Å². The second-order valence-electron chi connectivity index (χ2n) is 21.5. The van der Waals surface area contributed by atoms with Crippen LogP contribution in [0.25, 0.3) is 72.3 Å². The number of pyridine rings is 1. The molecular formula is C72H74N4OPt-2. The number of rotatable bonds is 7. The van der Waals surface area contributed by atoms with Gasteiger partial charge in [-0.15, -0.1) is 29.7 Å². The third-order valence-corrected chi connectivity index (χ3v) is 13.9. The third-order valence-electron chi connectivity index (χ3n) is 13.9. The van der Waals surface area contributed by atoms with E-state index in [-0.39, 0.29) is 54.7 Å². The molecule has 0 amide bonds. The molecule has 5 nitrogen and oxygen atoms in total. The van der Waals surface area contributed by atoms with Gasteiger partial charge in [0.2, 0.25) is 0 Å². The molecule has 0 saturated carbocycles. The summed E-state index contributed by atoms with van der Waals surface area (Å²) in [5, 5.41) is 1.61. The summed E-state index contributed by atoms with van der Waals surface area (Å²) < 4.78 is 365. The molecule has 0 radical (unpaired) electrons. The van der Waals surface area contributed by atoms with Crippen molar-refractivity contribution in [2.45, 2.75) is 154 Å². The number of benzene rings is 7. The van der Waals surface area contributed by atoms with Gasteiger partial charge in [-0.3, -0.25) is 4.57 Å². The van der Waals surface area contributed by atoms with E-state index in [0.29, 0.717) is 16.9 Å². The van der Waals surface area contributed by atoms with Crippen LogP contribution in [0.2, 0.25) is 0 Å². The molecule has 0 spiro atoms. The fourth-order valence-electron chi connectivity index (χ4n) is 9.86. The summed E-state index contributed by atoms with van der Waals surface area (Å²) in [5.41, 5.74) is -30.3. The molecule has 12 rings (SSSR count). The van der Waals surface area contributed by atoms with Crippen LogP contribution in [0, 0.1) is 18.5 Å². The monoisotopic (exact) mass is 1240 g/mol. The predicted molar refractivity (Wildman–Crippen MR) is 319 cm³/mol. The maximum atomic E-state index is 10.5. The number of aromatic nitrogens is 4. The number of hydrogen-bond donors (Lipinski definition) is 0. The molecule has 0 saturated heterocycles. The van der Waals surface area contributed by atoms with Gasteiger partial charge in [0.05, 0.1) is 24.9 Å². The third kappa shape index (κ3) is 9.16. The average molecular weight is 1240 g/mol. The number of nitrogens with zero attached hydrogens (tertiary/aromatic N) is 4. The molecule has 0 unspecified atom stereocenters. The molecule has 2 aliphatic rings. The van der Waals surface area contributed by atoms with Crippen LogP contribution in [0.3, 0.4) is 0 Å². The standard InChI is InChI=1S/C72H74N4O.Pt/c1-67(2,3)48-27-32-62-64(41-48)75(45-74(62)50-19-17-20-51(43-50)77-52-28-29-56-55-21-15-16-24-61(55)76(63(56)44-52)65-42-49(33-38-73-65)68(4,5)6)66-53(46-25-30-57-59(39-46)71(11,12)36-34-69(57,7)8)22-18-23-54(66)47-26-31-58-60(40-47)72(13,14)37-35-70(58,9)10;/h15-33,38-42H,34-37H2,1-14H3;/q-2;/i7D3,8D3,9D3,10D3,11D3,12D3,13D3,14D3,25D,26D,30D,31D,34D2,35D2,36D2,37D2,39D,40D;. The maximum Gasteiger partial charge on any atom is 0.268 e. The topological polar surface area (TPSA) is 35.9 Å². The van der Waals surface area contributed by atoms with E-state index < -0.39 is 194 Å². The van der Waals surface area contributed by atoms with Crippen LogP contribution in [0.5, 0.6) is 11.5 Å². The Hall–Kier alpha value is -6.55. The van der Waals surface area contributed by atoms with Gasteiger partial charge in [0.1, 0.15) is 5.82 Å². The minimum atomic E-state index is -4.86. The number of ether oxygens (including phenoxy) is 1. The van der Waals surface area contributed by atoms with E-state index in [9.17, 15) is 19.2 Å². The van der Waals surface area contributed by atoms with Crippen LogP contribution in [0.4, 0.5) is 0 Å². The molecule has 10 aromatic rings. The first kappa shape index (κ1) is 24.9. The zero-order chi connectivity index (χ0) is 86.6. The normalized spacial score (nSPS) is 27.5. The average Bonchev–Trinajstić information content (AvgIpc) is 0.734. The van der Waals surface area contributed by atoms with Gasteiger partial charge >= 0.3 is 0 Å². The summed E-state index contributed by atoms with van der Waals surface area (Å²) in [7, 11) is 0. The summed E-state index contributed by atoms with van der Waals surface area (Å²) >= 11 is 0. The van der Waals surface area contributed by atoms with Crippen molar-refractivity contribution in [3.63, 3.8) is 0 Å². The molecule has 2 aliphatic carbocycles. The van der Waals surface area contributed by atoms with Gasteiger partial charge in [-0.05, 0) is 149 Å². The van der Waals surface area contributed by atoms with Crippen LogP contribution in [-0.4, -0.2) is 14.1 Å². The van der Waals surface area contributed by atoms with Crippen molar-refractivity contribution in [3.8, 4) is 50.9 Å². The second kappa shape index (κ2) is 18.8. The Bertz CT molecular complexity index is 5430. The summed E-state index contributed by atoms with van der Waals surface area (Å²) in [6.45, 7) is -25.0. The van der Waals surface area contributed by atoms with Crippen molar-refractivity contribution in [2.24, 2.45) is 0 Å². The molecule has 6 heteroatoms.